The number of rotatable bonds is 0. The minimum atomic E-state index is -4.38. The number of aliphatic hydroxyl groups excluding tert-OH is 1. The molecule has 0 spiro atoms. The molecule has 0 amide bonds. The lowest BCUT2D eigenvalue weighted by atomic mass is 9.84. The van der Waals surface area contributed by atoms with Gasteiger partial charge in [0.25, 0.3) is 0 Å². The van der Waals surface area contributed by atoms with Crippen LogP contribution in [0, 0.1) is 5.92 Å². The second kappa shape index (κ2) is 3.49. The molecular formula is C10H14F3NO. The Morgan fingerprint density at radius 1 is 1.47 bits per heavy atom. The Hall–Kier alpha value is -0.550. The molecule has 0 radical (unpaired) electrons. The smallest absolute Gasteiger partial charge is 0.388 e. The van der Waals surface area contributed by atoms with E-state index in [4.69, 9.17) is 0 Å². The van der Waals surface area contributed by atoms with Crippen molar-refractivity contribution >= 4 is 0 Å². The molecule has 1 aliphatic carbocycles. The Balaban J connectivity index is 2.24. The zero-order chi connectivity index (χ0) is 11.2. The second-order valence-electron chi connectivity index (χ2n) is 4.37. The molecule has 2 nitrogen and oxygen atoms in total. The van der Waals surface area contributed by atoms with Gasteiger partial charge in [-0.1, -0.05) is 6.08 Å². The monoisotopic (exact) mass is 221 g/mol. The van der Waals surface area contributed by atoms with Crippen molar-refractivity contribution in [2.24, 2.45) is 5.92 Å². The summed E-state index contributed by atoms with van der Waals surface area (Å²) in [5, 5.41) is 9.45. The Bertz CT molecular complexity index is 287. The zero-order valence-corrected chi connectivity index (χ0v) is 8.46. The first kappa shape index (κ1) is 11.0. The van der Waals surface area contributed by atoms with Crippen LogP contribution < -0.4 is 0 Å². The van der Waals surface area contributed by atoms with Crippen LogP contribution in [0.4, 0.5) is 13.2 Å². The highest BCUT2D eigenvalue weighted by Crippen LogP contribution is 2.40. The van der Waals surface area contributed by atoms with E-state index in [1.165, 1.54) is 6.08 Å². The molecule has 3 unspecified atom stereocenters. The van der Waals surface area contributed by atoms with E-state index in [2.05, 4.69) is 0 Å². The van der Waals surface area contributed by atoms with Crippen LogP contribution in [0.3, 0.4) is 0 Å². The Morgan fingerprint density at radius 2 is 2.13 bits per heavy atom. The van der Waals surface area contributed by atoms with Gasteiger partial charge in [-0.25, -0.2) is 0 Å². The SMILES string of the molecule is CN1CCC2C=C(C(F)(F)F)C(O)CC21. The fourth-order valence-electron chi connectivity index (χ4n) is 2.57. The number of halogens is 3. The fourth-order valence-corrected chi connectivity index (χ4v) is 2.57. The van der Waals surface area contributed by atoms with Gasteiger partial charge in [0, 0.05) is 6.04 Å². The summed E-state index contributed by atoms with van der Waals surface area (Å²) in [4.78, 5) is 2.03. The Morgan fingerprint density at radius 3 is 2.73 bits per heavy atom. The van der Waals surface area contributed by atoms with Gasteiger partial charge < -0.3 is 10.0 Å². The molecule has 0 saturated carbocycles. The van der Waals surface area contributed by atoms with Gasteiger partial charge in [-0.05, 0) is 32.4 Å². The molecule has 0 bridgehead atoms. The van der Waals surface area contributed by atoms with Crippen molar-refractivity contribution in [3.05, 3.63) is 11.6 Å². The van der Waals surface area contributed by atoms with Crippen molar-refractivity contribution in [2.75, 3.05) is 13.6 Å². The standard InChI is InChI=1S/C10H14F3NO/c1-14-3-2-6-4-7(10(11,12)13)9(15)5-8(6)14/h4,6,8-9,15H,2-3,5H2,1H3. The average Bonchev–Trinajstić information content (AvgIpc) is 2.45. The van der Waals surface area contributed by atoms with Crippen LogP contribution in [0.1, 0.15) is 12.8 Å². The lowest BCUT2D eigenvalue weighted by molar-refractivity contribution is -0.109. The van der Waals surface area contributed by atoms with Crippen LogP contribution in [-0.4, -0.2) is 41.9 Å². The molecule has 1 fully saturated rings. The van der Waals surface area contributed by atoms with E-state index in [1.54, 1.807) is 0 Å². The maximum atomic E-state index is 12.5. The first-order chi connectivity index (χ1) is 6.89. The van der Waals surface area contributed by atoms with E-state index in [9.17, 15) is 18.3 Å². The van der Waals surface area contributed by atoms with Crippen LogP contribution in [0.5, 0.6) is 0 Å². The van der Waals surface area contributed by atoms with E-state index in [1.807, 2.05) is 11.9 Å². The minimum Gasteiger partial charge on any atom is -0.388 e. The van der Waals surface area contributed by atoms with Gasteiger partial charge in [-0.2, -0.15) is 13.2 Å². The van der Waals surface area contributed by atoms with Crippen molar-refractivity contribution < 1.29 is 18.3 Å². The summed E-state index contributed by atoms with van der Waals surface area (Å²) >= 11 is 0. The molecule has 86 valence electrons. The lowest BCUT2D eigenvalue weighted by Gasteiger charge is -2.32. The largest absolute Gasteiger partial charge is 0.414 e. The maximum Gasteiger partial charge on any atom is 0.414 e. The van der Waals surface area contributed by atoms with E-state index in [0.717, 1.165) is 13.0 Å². The summed E-state index contributed by atoms with van der Waals surface area (Å²) in [6.07, 6.45) is -3.56. The molecule has 3 atom stereocenters. The van der Waals surface area contributed by atoms with Crippen LogP contribution in [0.2, 0.25) is 0 Å². The summed E-state index contributed by atoms with van der Waals surface area (Å²) in [5.74, 6) is -0.0463. The molecular weight excluding hydrogens is 207 g/mol. The number of alkyl halides is 3. The topological polar surface area (TPSA) is 23.5 Å². The highest BCUT2D eigenvalue weighted by Gasteiger charge is 2.45. The number of hydrogen-bond acceptors (Lipinski definition) is 2. The van der Waals surface area contributed by atoms with Crippen molar-refractivity contribution in [2.45, 2.75) is 31.2 Å². The molecule has 15 heavy (non-hydrogen) atoms. The van der Waals surface area contributed by atoms with E-state index in [-0.39, 0.29) is 18.4 Å². The summed E-state index contributed by atoms with van der Waals surface area (Å²) < 4.78 is 37.5. The summed E-state index contributed by atoms with van der Waals surface area (Å²) in [6.45, 7) is 0.809. The van der Waals surface area contributed by atoms with Gasteiger partial charge in [0.1, 0.15) is 0 Å². The van der Waals surface area contributed by atoms with Gasteiger partial charge >= 0.3 is 6.18 Å². The van der Waals surface area contributed by atoms with Crippen molar-refractivity contribution in [3.8, 4) is 0 Å². The molecule has 2 aliphatic rings. The number of likely N-dealkylation sites (tertiary alicyclic amines) is 1. The second-order valence-corrected chi connectivity index (χ2v) is 4.37. The number of fused-ring (bicyclic) bond motifs is 1. The van der Waals surface area contributed by atoms with Crippen LogP contribution >= 0.6 is 0 Å². The lowest BCUT2D eigenvalue weighted by Crippen LogP contribution is -2.39. The normalized spacial score (nSPS) is 37.7. The number of hydrogen-bond donors (Lipinski definition) is 1. The molecule has 2 rings (SSSR count). The van der Waals surface area contributed by atoms with Gasteiger partial charge in [0.15, 0.2) is 0 Å². The molecule has 1 N–H and O–H groups in total. The number of aliphatic hydroxyl groups is 1. The Labute approximate surface area is 86.4 Å². The fraction of sp³-hybridized carbons (Fsp3) is 0.800. The van der Waals surface area contributed by atoms with Crippen LogP contribution in [-0.2, 0) is 0 Å². The summed E-state index contributed by atoms with van der Waals surface area (Å²) in [7, 11) is 1.89. The van der Waals surface area contributed by atoms with E-state index < -0.39 is 17.9 Å². The third-order valence-electron chi connectivity index (χ3n) is 3.42. The molecule has 0 aromatic heterocycles. The average molecular weight is 221 g/mol. The zero-order valence-electron chi connectivity index (χ0n) is 8.46. The molecule has 0 aromatic carbocycles. The van der Waals surface area contributed by atoms with E-state index in [0.29, 0.717) is 0 Å². The molecule has 1 heterocycles. The van der Waals surface area contributed by atoms with Gasteiger partial charge in [0.2, 0.25) is 0 Å². The third kappa shape index (κ3) is 1.90. The maximum absolute atomic E-state index is 12.5. The first-order valence-corrected chi connectivity index (χ1v) is 5.07. The van der Waals surface area contributed by atoms with Gasteiger partial charge in [-0.15, -0.1) is 0 Å². The first-order valence-electron chi connectivity index (χ1n) is 5.07. The highest BCUT2D eigenvalue weighted by atomic mass is 19.4. The van der Waals surface area contributed by atoms with Crippen molar-refractivity contribution in [1.82, 2.24) is 4.90 Å². The molecule has 1 saturated heterocycles. The third-order valence-corrected chi connectivity index (χ3v) is 3.42. The van der Waals surface area contributed by atoms with Gasteiger partial charge in [0.05, 0.1) is 11.7 Å². The quantitative estimate of drug-likeness (QED) is 0.627. The van der Waals surface area contributed by atoms with Crippen LogP contribution in [0.15, 0.2) is 11.6 Å². The highest BCUT2D eigenvalue weighted by molar-refractivity contribution is 5.22. The molecule has 0 aromatic rings. The molecule has 5 heteroatoms. The Kier molecular flexibility index (Phi) is 2.55. The van der Waals surface area contributed by atoms with Gasteiger partial charge in [-0.3, -0.25) is 0 Å². The van der Waals surface area contributed by atoms with Crippen molar-refractivity contribution in [3.63, 3.8) is 0 Å². The van der Waals surface area contributed by atoms with E-state index >= 15 is 0 Å². The molecule has 1 aliphatic heterocycles. The minimum absolute atomic E-state index is 0.0463. The predicted molar refractivity (Wildman–Crippen MR) is 49.3 cm³/mol. The van der Waals surface area contributed by atoms with Crippen LogP contribution in [0.25, 0.3) is 0 Å². The van der Waals surface area contributed by atoms with Crippen molar-refractivity contribution in [1.29, 1.82) is 0 Å². The summed E-state index contributed by atoms with van der Waals surface area (Å²) in [6, 6.07) is 0.0751. The number of nitrogens with zero attached hydrogens (tertiary/aromatic N) is 1. The summed E-state index contributed by atoms with van der Waals surface area (Å²) in [5.41, 5.74) is -0.751. The predicted octanol–water partition coefficient (Wildman–Crippen LogP) is 1.56.